The van der Waals surface area contributed by atoms with Crippen molar-refractivity contribution < 1.29 is 15.0 Å². The van der Waals surface area contributed by atoms with Gasteiger partial charge in [0.15, 0.2) is 0 Å². The summed E-state index contributed by atoms with van der Waals surface area (Å²) < 4.78 is 0. The molecule has 49 heavy (non-hydrogen) atoms. The average molecular weight is 678 g/mol. The highest BCUT2D eigenvalue weighted by Crippen LogP contribution is 2.13. The van der Waals surface area contributed by atoms with Crippen LogP contribution in [0, 0.1) is 0 Å². The van der Waals surface area contributed by atoms with E-state index < -0.39 is 12.1 Å². The van der Waals surface area contributed by atoms with E-state index in [1.165, 1.54) is 70.6 Å². The van der Waals surface area contributed by atoms with Crippen LogP contribution in [0.3, 0.4) is 0 Å². The van der Waals surface area contributed by atoms with Gasteiger partial charge in [0.2, 0.25) is 5.91 Å². The number of hydrogen-bond acceptors (Lipinski definition) is 3. The summed E-state index contributed by atoms with van der Waals surface area (Å²) in [6, 6.07) is -0.658. The average Bonchev–Trinajstić information content (AvgIpc) is 3.10. The van der Waals surface area contributed by atoms with Crippen molar-refractivity contribution in [2.75, 3.05) is 6.61 Å². The van der Waals surface area contributed by atoms with E-state index >= 15 is 0 Å². The lowest BCUT2D eigenvalue weighted by molar-refractivity contribution is -0.122. The quantitative estimate of drug-likeness (QED) is 0.0469. The summed E-state index contributed by atoms with van der Waals surface area (Å²) in [5, 5.41) is 22.9. The molecule has 0 aliphatic rings. The molecule has 3 N–H and O–H groups in total. The van der Waals surface area contributed by atoms with Crippen LogP contribution >= 0.6 is 0 Å². The Morgan fingerprint density at radius 1 is 0.510 bits per heavy atom. The predicted octanol–water partition coefficient (Wildman–Crippen LogP) is 12.3. The van der Waals surface area contributed by atoms with Crippen LogP contribution in [0.25, 0.3) is 0 Å². The van der Waals surface area contributed by atoms with Gasteiger partial charge in [-0.25, -0.2) is 0 Å². The van der Waals surface area contributed by atoms with Crippen LogP contribution < -0.4 is 5.32 Å². The molecular formula is C45H75NO3. The summed E-state index contributed by atoms with van der Waals surface area (Å²) >= 11 is 0. The Labute approximate surface area is 303 Å². The van der Waals surface area contributed by atoms with E-state index in [9.17, 15) is 15.0 Å². The van der Waals surface area contributed by atoms with Crippen molar-refractivity contribution in [2.45, 2.75) is 174 Å². The van der Waals surface area contributed by atoms with Crippen molar-refractivity contribution in [3.63, 3.8) is 0 Å². The summed E-state index contributed by atoms with van der Waals surface area (Å²) in [7, 11) is 0. The molecule has 0 spiro atoms. The van der Waals surface area contributed by atoms with Crippen LogP contribution in [0.2, 0.25) is 0 Å². The Morgan fingerprint density at radius 3 is 1.33 bits per heavy atom. The minimum Gasteiger partial charge on any atom is -0.394 e. The minimum atomic E-state index is -0.868. The molecule has 0 aromatic heterocycles. The second kappa shape index (κ2) is 39.7. The van der Waals surface area contributed by atoms with Gasteiger partial charge in [-0.3, -0.25) is 4.79 Å². The third-order valence-corrected chi connectivity index (χ3v) is 8.32. The van der Waals surface area contributed by atoms with Gasteiger partial charge in [0.1, 0.15) is 0 Å². The fraction of sp³-hybridized carbons (Fsp3) is 0.622. The van der Waals surface area contributed by atoms with Crippen molar-refractivity contribution in [1.29, 1.82) is 0 Å². The zero-order valence-electron chi connectivity index (χ0n) is 31.7. The molecule has 2 unspecified atom stereocenters. The highest BCUT2D eigenvalue weighted by molar-refractivity contribution is 5.76. The summed E-state index contributed by atoms with van der Waals surface area (Å²) in [6.07, 6.45) is 59.3. The fourth-order valence-electron chi connectivity index (χ4n) is 5.28. The van der Waals surface area contributed by atoms with E-state index in [-0.39, 0.29) is 12.5 Å². The molecule has 0 aliphatic carbocycles. The van der Waals surface area contributed by atoms with Gasteiger partial charge in [0.05, 0.1) is 18.8 Å². The lowest BCUT2D eigenvalue weighted by atomic mass is 10.0. The van der Waals surface area contributed by atoms with Crippen LogP contribution in [0.4, 0.5) is 0 Å². The molecule has 278 valence electrons. The smallest absolute Gasteiger partial charge is 0.220 e. The van der Waals surface area contributed by atoms with E-state index in [1.807, 2.05) is 6.08 Å². The first-order valence-electron chi connectivity index (χ1n) is 20.0. The third kappa shape index (κ3) is 36.4. The number of nitrogens with one attached hydrogen (secondary N) is 1. The summed E-state index contributed by atoms with van der Waals surface area (Å²) in [5.41, 5.74) is 0. The van der Waals surface area contributed by atoms with Crippen molar-refractivity contribution in [3.05, 3.63) is 97.2 Å². The predicted molar refractivity (Wildman–Crippen MR) is 216 cm³/mol. The number of aliphatic hydroxyl groups excluding tert-OH is 2. The van der Waals surface area contributed by atoms with Crippen LogP contribution in [0.1, 0.15) is 162 Å². The molecule has 2 atom stereocenters. The first-order valence-corrected chi connectivity index (χ1v) is 20.0. The van der Waals surface area contributed by atoms with Crippen molar-refractivity contribution >= 4 is 5.91 Å². The number of aliphatic hydroxyl groups is 2. The Kier molecular flexibility index (Phi) is 37.6. The zero-order chi connectivity index (χ0) is 35.7. The Morgan fingerprint density at radius 2 is 0.898 bits per heavy atom. The molecule has 0 rings (SSSR count). The Hall–Kier alpha value is -2.69. The molecule has 1 amide bonds. The SMILES string of the molecule is CC/C=C\C/C=C\C/C=C\C/C=C\C/C=C\C/C=C\C/C=C\CCCC(=O)NC(CO)C(O)/C=C/CCCCCCCCCCCCCC. The van der Waals surface area contributed by atoms with E-state index in [0.29, 0.717) is 6.42 Å². The van der Waals surface area contributed by atoms with E-state index in [0.717, 1.165) is 70.6 Å². The van der Waals surface area contributed by atoms with E-state index in [4.69, 9.17) is 0 Å². The monoisotopic (exact) mass is 678 g/mol. The lowest BCUT2D eigenvalue weighted by Gasteiger charge is -2.19. The summed E-state index contributed by atoms with van der Waals surface area (Å²) in [4.78, 5) is 12.3. The topological polar surface area (TPSA) is 69.6 Å². The Balaban J connectivity index is 3.80. The van der Waals surface area contributed by atoms with Gasteiger partial charge in [-0.05, 0) is 70.6 Å². The first kappa shape index (κ1) is 46.3. The number of carbonyl (C=O) groups is 1. The van der Waals surface area contributed by atoms with Gasteiger partial charge in [-0.2, -0.15) is 0 Å². The molecule has 0 aliphatic heterocycles. The molecule has 4 heteroatoms. The lowest BCUT2D eigenvalue weighted by Crippen LogP contribution is -2.45. The maximum Gasteiger partial charge on any atom is 0.220 e. The second-order valence-electron chi connectivity index (χ2n) is 13.0. The van der Waals surface area contributed by atoms with Crippen molar-refractivity contribution in [1.82, 2.24) is 5.32 Å². The minimum absolute atomic E-state index is 0.127. The maximum atomic E-state index is 12.3. The molecule has 0 heterocycles. The van der Waals surface area contributed by atoms with Crippen LogP contribution in [0.5, 0.6) is 0 Å². The molecule has 0 saturated heterocycles. The number of rotatable bonds is 34. The van der Waals surface area contributed by atoms with E-state index in [2.05, 4.69) is 104 Å². The standard InChI is InChI=1S/C45H75NO3/c1-3-5-7-9-11-13-15-17-19-20-21-22-23-24-25-26-27-29-31-33-35-37-39-41-45(49)46-43(42-47)44(48)40-38-36-34-32-30-28-18-16-14-12-10-8-6-4-2/h5,7,11,13,17,19,21-22,24-25,27,29,33,35,38,40,43-44,47-48H,3-4,6,8-10,12,14-16,18,20,23,26,28,30-32,34,36-37,39,41-42H2,1-2H3,(H,46,49)/b7-5-,13-11-,19-17-,22-21-,25-24-,29-27-,35-33-,40-38+. The van der Waals surface area contributed by atoms with Crippen LogP contribution in [-0.2, 0) is 4.79 Å². The number of carbonyl (C=O) groups excluding carboxylic acids is 1. The molecular weight excluding hydrogens is 602 g/mol. The number of allylic oxidation sites excluding steroid dienone is 15. The number of hydrogen-bond donors (Lipinski definition) is 3. The molecule has 0 aromatic carbocycles. The molecule has 0 saturated carbocycles. The highest BCUT2D eigenvalue weighted by Gasteiger charge is 2.17. The van der Waals surface area contributed by atoms with Crippen LogP contribution in [-0.4, -0.2) is 34.9 Å². The van der Waals surface area contributed by atoms with Crippen molar-refractivity contribution in [3.8, 4) is 0 Å². The molecule has 0 bridgehead atoms. The number of amides is 1. The zero-order valence-corrected chi connectivity index (χ0v) is 31.7. The van der Waals surface area contributed by atoms with Gasteiger partial charge in [0, 0.05) is 6.42 Å². The van der Waals surface area contributed by atoms with Gasteiger partial charge < -0.3 is 15.5 Å². The molecule has 4 nitrogen and oxygen atoms in total. The van der Waals surface area contributed by atoms with Crippen LogP contribution in [0.15, 0.2) is 97.2 Å². The van der Waals surface area contributed by atoms with Gasteiger partial charge in [-0.1, -0.05) is 182 Å². The summed E-state index contributed by atoms with van der Waals surface area (Å²) in [6.45, 7) is 4.15. The van der Waals surface area contributed by atoms with Gasteiger partial charge >= 0.3 is 0 Å². The van der Waals surface area contributed by atoms with Crippen molar-refractivity contribution in [2.24, 2.45) is 0 Å². The first-order chi connectivity index (χ1) is 24.2. The largest absolute Gasteiger partial charge is 0.394 e. The number of unbranched alkanes of at least 4 members (excludes halogenated alkanes) is 13. The summed E-state index contributed by atoms with van der Waals surface area (Å²) in [5.74, 6) is -0.127. The third-order valence-electron chi connectivity index (χ3n) is 8.32. The normalized spacial score (nSPS) is 14.1. The van der Waals surface area contributed by atoms with E-state index in [1.54, 1.807) is 6.08 Å². The Bertz CT molecular complexity index is 952. The maximum absolute atomic E-state index is 12.3. The molecule has 0 radical (unpaired) electrons. The second-order valence-corrected chi connectivity index (χ2v) is 13.0. The molecule has 0 fully saturated rings. The molecule has 0 aromatic rings. The van der Waals surface area contributed by atoms with Gasteiger partial charge in [0.25, 0.3) is 0 Å². The highest BCUT2D eigenvalue weighted by atomic mass is 16.3. The fourth-order valence-corrected chi connectivity index (χ4v) is 5.28. The van der Waals surface area contributed by atoms with Gasteiger partial charge in [-0.15, -0.1) is 0 Å².